The average Bonchev–Trinajstić information content (AvgIpc) is 2.47. The summed E-state index contributed by atoms with van der Waals surface area (Å²) in [6.45, 7) is 4.60. The van der Waals surface area contributed by atoms with E-state index in [1.807, 2.05) is 13.8 Å². The number of nitrogens with zero attached hydrogens (tertiary/aromatic N) is 3. The minimum atomic E-state index is -0.283. The standard InChI is InChI=1S/C9H16N4O2/c1-7(2)4-10-8(14)5-13-9(15)12(3)6-11-13/h6-7H,4-5H2,1-3H3,(H,10,14). The molecule has 0 atom stereocenters. The summed E-state index contributed by atoms with van der Waals surface area (Å²) >= 11 is 0. The van der Waals surface area contributed by atoms with Crippen LogP contribution in [-0.4, -0.2) is 26.8 Å². The predicted molar refractivity (Wildman–Crippen MR) is 55.3 cm³/mol. The molecule has 0 aliphatic carbocycles. The van der Waals surface area contributed by atoms with Crippen LogP contribution in [0.2, 0.25) is 0 Å². The van der Waals surface area contributed by atoms with E-state index < -0.39 is 0 Å². The van der Waals surface area contributed by atoms with E-state index in [9.17, 15) is 9.59 Å². The van der Waals surface area contributed by atoms with Gasteiger partial charge in [-0.3, -0.25) is 9.36 Å². The summed E-state index contributed by atoms with van der Waals surface area (Å²) in [6.07, 6.45) is 1.39. The molecule has 0 unspecified atom stereocenters. The van der Waals surface area contributed by atoms with Crippen molar-refractivity contribution in [1.29, 1.82) is 0 Å². The van der Waals surface area contributed by atoms with Gasteiger partial charge in [-0.25, -0.2) is 9.48 Å². The van der Waals surface area contributed by atoms with Gasteiger partial charge >= 0.3 is 5.69 Å². The quantitative estimate of drug-likeness (QED) is 0.721. The van der Waals surface area contributed by atoms with Crippen molar-refractivity contribution in [1.82, 2.24) is 19.7 Å². The van der Waals surface area contributed by atoms with E-state index in [1.165, 1.54) is 10.9 Å². The highest BCUT2D eigenvalue weighted by molar-refractivity contribution is 5.75. The Morgan fingerprint density at radius 1 is 1.60 bits per heavy atom. The van der Waals surface area contributed by atoms with E-state index in [4.69, 9.17) is 0 Å². The number of rotatable bonds is 4. The Hall–Kier alpha value is -1.59. The van der Waals surface area contributed by atoms with E-state index >= 15 is 0 Å². The minimum Gasteiger partial charge on any atom is -0.354 e. The van der Waals surface area contributed by atoms with Crippen molar-refractivity contribution in [2.45, 2.75) is 20.4 Å². The molecule has 0 aliphatic heterocycles. The van der Waals surface area contributed by atoms with Gasteiger partial charge < -0.3 is 5.32 Å². The lowest BCUT2D eigenvalue weighted by Crippen LogP contribution is -2.34. The molecular weight excluding hydrogens is 196 g/mol. The molecule has 1 N–H and O–H groups in total. The lowest BCUT2D eigenvalue weighted by Gasteiger charge is -2.06. The van der Waals surface area contributed by atoms with Crippen molar-refractivity contribution in [2.24, 2.45) is 13.0 Å². The molecule has 1 heterocycles. The SMILES string of the molecule is CC(C)CNC(=O)Cn1ncn(C)c1=O. The van der Waals surface area contributed by atoms with E-state index in [2.05, 4.69) is 10.4 Å². The first-order chi connectivity index (χ1) is 7.00. The number of hydrogen-bond acceptors (Lipinski definition) is 3. The first-order valence-electron chi connectivity index (χ1n) is 4.86. The first-order valence-corrected chi connectivity index (χ1v) is 4.86. The Balaban J connectivity index is 2.52. The van der Waals surface area contributed by atoms with Crippen LogP contribution in [0.25, 0.3) is 0 Å². The summed E-state index contributed by atoms with van der Waals surface area (Å²) < 4.78 is 2.46. The highest BCUT2D eigenvalue weighted by Gasteiger charge is 2.07. The highest BCUT2D eigenvalue weighted by Crippen LogP contribution is 1.87. The molecule has 6 heteroatoms. The summed E-state index contributed by atoms with van der Waals surface area (Å²) in [4.78, 5) is 22.7. The summed E-state index contributed by atoms with van der Waals surface area (Å²) in [6, 6.07) is 0. The summed E-state index contributed by atoms with van der Waals surface area (Å²) in [5.41, 5.74) is -0.283. The van der Waals surface area contributed by atoms with Gasteiger partial charge in [-0.15, -0.1) is 0 Å². The van der Waals surface area contributed by atoms with Crippen LogP contribution in [0.3, 0.4) is 0 Å². The van der Waals surface area contributed by atoms with E-state index in [1.54, 1.807) is 7.05 Å². The van der Waals surface area contributed by atoms with Gasteiger partial charge in [0.2, 0.25) is 5.91 Å². The molecule has 1 amide bonds. The lowest BCUT2D eigenvalue weighted by molar-refractivity contribution is -0.122. The Bertz CT molecular complexity index is 391. The monoisotopic (exact) mass is 212 g/mol. The van der Waals surface area contributed by atoms with E-state index in [0.29, 0.717) is 12.5 Å². The van der Waals surface area contributed by atoms with Gasteiger partial charge in [0.05, 0.1) is 0 Å². The van der Waals surface area contributed by atoms with E-state index in [-0.39, 0.29) is 18.1 Å². The number of amides is 1. The minimum absolute atomic E-state index is 0.0214. The number of nitrogens with one attached hydrogen (secondary N) is 1. The van der Waals surface area contributed by atoms with Crippen molar-refractivity contribution in [2.75, 3.05) is 6.54 Å². The van der Waals surface area contributed by atoms with Crippen LogP contribution in [0.5, 0.6) is 0 Å². The van der Waals surface area contributed by atoms with Gasteiger partial charge in [0.15, 0.2) is 0 Å². The zero-order valence-electron chi connectivity index (χ0n) is 9.23. The third-order valence-electron chi connectivity index (χ3n) is 1.89. The number of aromatic nitrogens is 3. The Labute approximate surface area is 87.9 Å². The molecular formula is C9H16N4O2. The van der Waals surface area contributed by atoms with Crippen LogP contribution < -0.4 is 11.0 Å². The maximum absolute atomic E-state index is 11.4. The van der Waals surface area contributed by atoms with Crippen LogP contribution >= 0.6 is 0 Å². The Kier molecular flexibility index (Phi) is 3.65. The fraction of sp³-hybridized carbons (Fsp3) is 0.667. The maximum atomic E-state index is 11.4. The number of carbonyl (C=O) groups excluding carboxylic acids is 1. The number of aryl methyl sites for hydroxylation is 1. The lowest BCUT2D eigenvalue weighted by atomic mass is 10.2. The van der Waals surface area contributed by atoms with Crippen molar-refractivity contribution in [3.63, 3.8) is 0 Å². The zero-order chi connectivity index (χ0) is 11.4. The molecule has 15 heavy (non-hydrogen) atoms. The van der Waals surface area contributed by atoms with Crippen LogP contribution in [0, 0.1) is 5.92 Å². The van der Waals surface area contributed by atoms with Crippen LogP contribution in [0.4, 0.5) is 0 Å². The molecule has 0 spiro atoms. The summed E-state index contributed by atoms with van der Waals surface area (Å²) in [5.74, 6) is 0.207. The molecule has 0 bridgehead atoms. The van der Waals surface area contributed by atoms with Crippen molar-refractivity contribution < 1.29 is 4.79 Å². The maximum Gasteiger partial charge on any atom is 0.345 e. The van der Waals surface area contributed by atoms with Gasteiger partial charge in [0, 0.05) is 13.6 Å². The van der Waals surface area contributed by atoms with Gasteiger partial charge in [-0.05, 0) is 5.92 Å². The Morgan fingerprint density at radius 3 is 2.73 bits per heavy atom. The largest absolute Gasteiger partial charge is 0.354 e. The topological polar surface area (TPSA) is 68.9 Å². The number of hydrogen-bond donors (Lipinski definition) is 1. The molecule has 1 aromatic heterocycles. The molecule has 0 saturated carbocycles. The molecule has 0 radical (unpaired) electrons. The second-order valence-electron chi connectivity index (χ2n) is 3.88. The number of carbonyl (C=O) groups is 1. The molecule has 0 fully saturated rings. The molecule has 84 valence electrons. The average molecular weight is 212 g/mol. The third-order valence-corrected chi connectivity index (χ3v) is 1.89. The smallest absolute Gasteiger partial charge is 0.345 e. The van der Waals surface area contributed by atoms with Gasteiger partial charge in [0.25, 0.3) is 0 Å². The fourth-order valence-corrected chi connectivity index (χ4v) is 1.04. The molecule has 0 aliphatic rings. The fourth-order valence-electron chi connectivity index (χ4n) is 1.04. The van der Waals surface area contributed by atoms with Crippen LogP contribution in [0.15, 0.2) is 11.1 Å². The summed E-state index contributed by atoms with van der Waals surface area (Å²) in [5, 5.41) is 6.51. The van der Waals surface area contributed by atoms with Crippen LogP contribution in [0.1, 0.15) is 13.8 Å². The van der Waals surface area contributed by atoms with Crippen LogP contribution in [-0.2, 0) is 18.4 Å². The molecule has 1 aromatic rings. The normalized spacial score (nSPS) is 10.7. The van der Waals surface area contributed by atoms with Gasteiger partial charge in [-0.2, -0.15) is 5.10 Å². The molecule has 1 rings (SSSR count). The summed E-state index contributed by atoms with van der Waals surface area (Å²) in [7, 11) is 1.60. The second-order valence-corrected chi connectivity index (χ2v) is 3.88. The van der Waals surface area contributed by atoms with Crippen molar-refractivity contribution in [3.8, 4) is 0 Å². The molecule has 6 nitrogen and oxygen atoms in total. The van der Waals surface area contributed by atoms with Crippen molar-refractivity contribution >= 4 is 5.91 Å². The van der Waals surface area contributed by atoms with Gasteiger partial charge in [-0.1, -0.05) is 13.8 Å². The van der Waals surface area contributed by atoms with Gasteiger partial charge in [0.1, 0.15) is 12.9 Å². The molecule has 0 aromatic carbocycles. The predicted octanol–water partition coefficient (Wildman–Crippen LogP) is -0.646. The highest BCUT2D eigenvalue weighted by atomic mass is 16.2. The Morgan fingerprint density at radius 2 is 2.27 bits per heavy atom. The van der Waals surface area contributed by atoms with Crippen molar-refractivity contribution in [3.05, 3.63) is 16.8 Å². The van der Waals surface area contributed by atoms with E-state index in [0.717, 1.165) is 4.68 Å². The second kappa shape index (κ2) is 4.77. The third kappa shape index (κ3) is 3.23. The first kappa shape index (κ1) is 11.5. The zero-order valence-corrected chi connectivity index (χ0v) is 9.23. The molecule has 0 saturated heterocycles.